The highest BCUT2D eigenvalue weighted by Gasteiger charge is 2.18. The molecule has 0 amide bonds. The molecule has 1 aromatic carbocycles. The molecule has 1 unspecified atom stereocenters. The van der Waals surface area contributed by atoms with Crippen molar-refractivity contribution in [2.45, 2.75) is 42.9 Å². The first kappa shape index (κ1) is 10.8. The summed E-state index contributed by atoms with van der Waals surface area (Å²) in [7, 11) is 0. The SMILES string of the molecule is O=S([O-])c1ccccc1C1CCCCC1. The second kappa shape index (κ2) is 4.90. The molecule has 82 valence electrons. The van der Waals surface area contributed by atoms with Crippen molar-refractivity contribution in [2.24, 2.45) is 0 Å². The maximum absolute atomic E-state index is 11.1. The third-order valence-corrected chi connectivity index (χ3v) is 3.87. The summed E-state index contributed by atoms with van der Waals surface area (Å²) in [6, 6.07) is 7.38. The van der Waals surface area contributed by atoms with Crippen molar-refractivity contribution in [3.63, 3.8) is 0 Å². The molecule has 0 spiro atoms. The molecule has 1 aromatic rings. The minimum Gasteiger partial charge on any atom is -0.768 e. The molecule has 2 nitrogen and oxygen atoms in total. The predicted molar refractivity (Wildman–Crippen MR) is 59.5 cm³/mol. The average molecular weight is 223 g/mol. The molecule has 15 heavy (non-hydrogen) atoms. The summed E-state index contributed by atoms with van der Waals surface area (Å²) in [6.07, 6.45) is 6.01. The van der Waals surface area contributed by atoms with Crippen LogP contribution in [0.15, 0.2) is 29.2 Å². The lowest BCUT2D eigenvalue weighted by atomic mass is 9.84. The lowest BCUT2D eigenvalue weighted by Crippen LogP contribution is -2.07. The third-order valence-electron chi connectivity index (χ3n) is 3.14. The van der Waals surface area contributed by atoms with Gasteiger partial charge in [0.05, 0.1) is 0 Å². The summed E-state index contributed by atoms with van der Waals surface area (Å²) in [4.78, 5) is 0.490. The fourth-order valence-electron chi connectivity index (χ4n) is 2.38. The van der Waals surface area contributed by atoms with E-state index < -0.39 is 11.1 Å². The summed E-state index contributed by atoms with van der Waals surface area (Å²) in [6.45, 7) is 0. The van der Waals surface area contributed by atoms with Crippen LogP contribution >= 0.6 is 0 Å². The van der Waals surface area contributed by atoms with Crippen LogP contribution < -0.4 is 0 Å². The maximum atomic E-state index is 11.1. The molecule has 2 rings (SSSR count). The topological polar surface area (TPSA) is 40.1 Å². The van der Waals surface area contributed by atoms with Crippen LogP contribution in [0.5, 0.6) is 0 Å². The number of hydrogen-bond acceptors (Lipinski definition) is 2. The van der Waals surface area contributed by atoms with Gasteiger partial charge in [0, 0.05) is 4.90 Å². The third kappa shape index (κ3) is 2.47. The zero-order valence-corrected chi connectivity index (χ0v) is 9.46. The molecule has 1 aliphatic rings. The van der Waals surface area contributed by atoms with Gasteiger partial charge >= 0.3 is 0 Å². The molecular formula is C12H15O2S-. The second-order valence-corrected chi connectivity index (χ2v) is 5.02. The zero-order chi connectivity index (χ0) is 10.7. The van der Waals surface area contributed by atoms with Crippen molar-refractivity contribution in [3.8, 4) is 0 Å². The van der Waals surface area contributed by atoms with Gasteiger partial charge in [-0.15, -0.1) is 0 Å². The summed E-state index contributed by atoms with van der Waals surface area (Å²) >= 11 is -2.09. The Kier molecular flexibility index (Phi) is 3.54. The Bertz CT molecular complexity index is 356. The van der Waals surface area contributed by atoms with E-state index in [0.29, 0.717) is 10.8 Å². The van der Waals surface area contributed by atoms with Gasteiger partial charge in [-0.2, -0.15) is 0 Å². The monoisotopic (exact) mass is 223 g/mol. The van der Waals surface area contributed by atoms with Crippen molar-refractivity contribution in [2.75, 3.05) is 0 Å². The van der Waals surface area contributed by atoms with E-state index in [2.05, 4.69) is 0 Å². The molecule has 0 bridgehead atoms. The molecule has 0 aromatic heterocycles. The van der Waals surface area contributed by atoms with Gasteiger partial charge in [-0.1, -0.05) is 37.5 Å². The highest BCUT2D eigenvalue weighted by atomic mass is 32.2. The number of hydrogen-bond donors (Lipinski definition) is 0. The Morgan fingerprint density at radius 2 is 1.80 bits per heavy atom. The van der Waals surface area contributed by atoms with Gasteiger partial charge in [0.1, 0.15) is 0 Å². The second-order valence-electron chi connectivity index (χ2n) is 4.11. The first-order valence-corrected chi connectivity index (χ1v) is 6.54. The van der Waals surface area contributed by atoms with Gasteiger partial charge in [-0.25, -0.2) is 0 Å². The van der Waals surface area contributed by atoms with E-state index in [1.54, 1.807) is 12.1 Å². The highest BCUT2D eigenvalue weighted by Crippen LogP contribution is 2.34. The van der Waals surface area contributed by atoms with Crippen LogP contribution in [0.4, 0.5) is 0 Å². The van der Waals surface area contributed by atoms with E-state index in [0.717, 1.165) is 18.4 Å². The summed E-state index contributed by atoms with van der Waals surface area (Å²) in [5.41, 5.74) is 1.02. The maximum Gasteiger partial charge on any atom is 0.0283 e. The molecule has 1 saturated carbocycles. The van der Waals surface area contributed by atoms with Gasteiger partial charge in [-0.05, 0) is 41.5 Å². The standard InChI is InChI=1S/C12H16O2S/c13-15(14)12-9-5-4-8-11(12)10-6-2-1-3-7-10/h4-5,8-10H,1-3,6-7H2,(H,13,14)/p-1. The molecule has 1 fully saturated rings. The molecular weight excluding hydrogens is 208 g/mol. The van der Waals surface area contributed by atoms with Crippen LogP contribution in [0, 0.1) is 0 Å². The van der Waals surface area contributed by atoms with Crippen molar-refractivity contribution in [1.29, 1.82) is 0 Å². The average Bonchev–Trinajstić information content (AvgIpc) is 2.30. The highest BCUT2D eigenvalue weighted by molar-refractivity contribution is 7.79. The smallest absolute Gasteiger partial charge is 0.0283 e. The van der Waals surface area contributed by atoms with Crippen LogP contribution in [-0.4, -0.2) is 8.76 Å². The van der Waals surface area contributed by atoms with Gasteiger partial charge in [0.2, 0.25) is 0 Å². The van der Waals surface area contributed by atoms with Crippen LogP contribution in [-0.2, 0) is 11.1 Å². The largest absolute Gasteiger partial charge is 0.768 e. The first-order valence-electron chi connectivity index (χ1n) is 5.47. The van der Waals surface area contributed by atoms with E-state index in [9.17, 15) is 8.76 Å². The fraction of sp³-hybridized carbons (Fsp3) is 0.500. The van der Waals surface area contributed by atoms with Crippen LogP contribution in [0.1, 0.15) is 43.6 Å². The predicted octanol–water partition coefficient (Wildman–Crippen LogP) is 2.97. The van der Waals surface area contributed by atoms with Crippen LogP contribution in [0.2, 0.25) is 0 Å². The zero-order valence-electron chi connectivity index (χ0n) is 8.65. The molecule has 0 N–H and O–H groups in total. The Morgan fingerprint density at radius 1 is 1.13 bits per heavy atom. The summed E-state index contributed by atoms with van der Waals surface area (Å²) < 4.78 is 22.1. The van der Waals surface area contributed by atoms with Crippen molar-refractivity contribution in [1.82, 2.24) is 0 Å². The summed E-state index contributed by atoms with van der Waals surface area (Å²) in [5, 5.41) is 0. The Balaban J connectivity index is 2.29. The minimum atomic E-state index is -2.09. The van der Waals surface area contributed by atoms with E-state index in [-0.39, 0.29) is 0 Å². The molecule has 0 heterocycles. The van der Waals surface area contributed by atoms with Crippen LogP contribution in [0.25, 0.3) is 0 Å². The molecule has 3 heteroatoms. The lowest BCUT2D eigenvalue weighted by Gasteiger charge is -2.24. The number of benzene rings is 1. The first-order chi connectivity index (χ1) is 7.29. The van der Waals surface area contributed by atoms with E-state index >= 15 is 0 Å². The Morgan fingerprint density at radius 3 is 2.47 bits per heavy atom. The van der Waals surface area contributed by atoms with Gasteiger partial charge in [0.15, 0.2) is 0 Å². The summed E-state index contributed by atoms with van der Waals surface area (Å²) in [5.74, 6) is 0.452. The minimum absolute atomic E-state index is 0.452. The number of rotatable bonds is 2. The van der Waals surface area contributed by atoms with Crippen LogP contribution in [0.3, 0.4) is 0 Å². The molecule has 0 saturated heterocycles. The Labute approximate surface area is 93.0 Å². The Hall–Kier alpha value is -0.670. The molecule has 1 atom stereocenters. The van der Waals surface area contributed by atoms with E-state index in [1.165, 1.54) is 19.3 Å². The van der Waals surface area contributed by atoms with Crippen molar-refractivity contribution in [3.05, 3.63) is 29.8 Å². The van der Waals surface area contributed by atoms with E-state index in [1.807, 2.05) is 12.1 Å². The normalized spacial score (nSPS) is 20.1. The molecule has 0 aliphatic heterocycles. The lowest BCUT2D eigenvalue weighted by molar-refractivity contribution is 0.437. The van der Waals surface area contributed by atoms with Gasteiger partial charge in [0.25, 0.3) is 0 Å². The fourth-order valence-corrected chi connectivity index (χ4v) is 3.00. The van der Waals surface area contributed by atoms with Crippen molar-refractivity contribution < 1.29 is 8.76 Å². The van der Waals surface area contributed by atoms with Gasteiger partial charge in [-0.3, -0.25) is 4.21 Å². The van der Waals surface area contributed by atoms with Gasteiger partial charge < -0.3 is 4.55 Å². The molecule has 0 radical (unpaired) electrons. The molecule has 1 aliphatic carbocycles. The van der Waals surface area contributed by atoms with Crippen molar-refractivity contribution >= 4 is 11.1 Å². The quantitative estimate of drug-likeness (QED) is 0.723. The van der Waals surface area contributed by atoms with E-state index in [4.69, 9.17) is 0 Å².